The van der Waals surface area contributed by atoms with E-state index in [0.717, 1.165) is 19.3 Å². The maximum absolute atomic E-state index is 12.2. The van der Waals surface area contributed by atoms with E-state index in [1.807, 2.05) is 13.8 Å². The van der Waals surface area contributed by atoms with Crippen LogP contribution in [0.2, 0.25) is 0 Å². The van der Waals surface area contributed by atoms with Gasteiger partial charge in [0.15, 0.2) is 0 Å². The lowest BCUT2D eigenvalue weighted by atomic mass is 9.78. The average Bonchev–Trinajstić information content (AvgIpc) is 2.81. The molecule has 2 aliphatic carbocycles. The van der Waals surface area contributed by atoms with Gasteiger partial charge in [-0.3, -0.25) is 4.79 Å². The molecule has 2 aliphatic rings. The van der Waals surface area contributed by atoms with Crippen LogP contribution in [-0.4, -0.2) is 23.3 Å². The molecule has 98 valence electrons. The molecular weight excluding hydrogens is 216 g/mol. The Kier molecular flexibility index (Phi) is 2.81. The quantitative estimate of drug-likeness (QED) is 0.771. The first kappa shape index (κ1) is 12.9. The van der Waals surface area contributed by atoms with Gasteiger partial charge in [-0.1, -0.05) is 20.8 Å². The highest BCUT2D eigenvalue weighted by atomic mass is 16.5. The second-order valence-electron chi connectivity index (χ2n) is 6.67. The van der Waals surface area contributed by atoms with Gasteiger partial charge in [0.05, 0.1) is 17.6 Å². The van der Waals surface area contributed by atoms with Crippen molar-refractivity contribution in [3.05, 3.63) is 0 Å². The zero-order valence-corrected chi connectivity index (χ0v) is 11.4. The maximum atomic E-state index is 12.2. The Bertz CT molecular complexity index is 336. The Morgan fingerprint density at radius 1 is 1.41 bits per heavy atom. The summed E-state index contributed by atoms with van der Waals surface area (Å²) in [5, 5.41) is 10.9. The predicted octanol–water partition coefficient (Wildman–Crippen LogP) is 2.52. The van der Waals surface area contributed by atoms with Gasteiger partial charge in [0.25, 0.3) is 0 Å². The fraction of sp³-hybridized carbons (Fsp3) is 0.929. The summed E-state index contributed by atoms with van der Waals surface area (Å²) in [5.74, 6) is 0.0631. The largest absolute Gasteiger partial charge is 0.465 e. The van der Waals surface area contributed by atoms with Crippen molar-refractivity contribution < 1.29 is 14.6 Å². The third-order valence-electron chi connectivity index (χ3n) is 4.77. The van der Waals surface area contributed by atoms with E-state index < -0.39 is 11.0 Å². The van der Waals surface area contributed by atoms with Crippen LogP contribution in [0.4, 0.5) is 0 Å². The molecule has 0 aromatic carbocycles. The molecule has 2 fully saturated rings. The molecule has 0 aromatic rings. The van der Waals surface area contributed by atoms with Gasteiger partial charge in [-0.2, -0.15) is 0 Å². The minimum atomic E-state index is -0.845. The van der Waals surface area contributed by atoms with E-state index in [0.29, 0.717) is 13.0 Å². The van der Waals surface area contributed by atoms with Crippen molar-refractivity contribution in [1.82, 2.24) is 0 Å². The summed E-state index contributed by atoms with van der Waals surface area (Å²) in [4.78, 5) is 12.2. The molecule has 3 heteroatoms. The first-order valence-electron chi connectivity index (χ1n) is 6.67. The van der Waals surface area contributed by atoms with E-state index in [-0.39, 0.29) is 17.3 Å². The molecule has 17 heavy (non-hydrogen) atoms. The smallest absolute Gasteiger partial charge is 0.315 e. The van der Waals surface area contributed by atoms with Crippen molar-refractivity contribution in [3.8, 4) is 0 Å². The van der Waals surface area contributed by atoms with E-state index >= 15 is 0 Å². The highest BCUT2D eigenvalue weighted by molar-refractivity contribution is 5.82. The van der Waals surface area contributed by atoms with Gasteiger partial charge in [-0.25, -0.2) is 0 Å². The molecule has 0 aromatic heterocycles. The highest BCUT2D eigenvalue weighted by Gasteiger charge is 2.71. The number of esters is 1. The first-order valence-corrected chi connectivity index (χ1v) is 6.67. The molecule has 3 atom stereocenters. The molecule has 0 amide bonds. The summed E-state index contributed by atoms with van der Waals surface area (Å²) in [5.41, 5.74) is -1.32. The van der Waals surface area contributed by atoms with Crippen LogP contribution in [0.15, 0.2) is 0 Å². The number of ether oxygens (including phenoxy) is 1. The van der Waals surface area contributed by atoms with E-state index in [9.17, 15) is 9.90 Å². The zero-order chi connectivity index (χ0) is 12.9. The monoisotopic (exact) mass is 240 g/mol. The summed E-state index contributed by atoms with van der Waals surface area (Å²) in [7, 11) is 0. The van der Waals surface area contributed by atoms with Crippen LogP contribution in [-0.2, 0) is 9.53 Å². The lowest BCUT2D eigenvalue weighted by Gasteiger charge is -2.33. The van der Waals surface area contributed by atoms with Crippen LogP contribution in [0.3, 0.4) is 0 Å². The number of carbonyl (C=O) groups excluding carboxylic acids is 1. The molecule has 0 heterocycles. The Morgan fingerprint density at radius 3 is 2.35 bits per heavy atom. The van der Waals surface area contributed by atoms with Crippen molar-refractivity contribution in [2.75, 3.05) is 6.61 Å². The Balaban J connectivity index is 2.23. The van der Waals surface area contributed by atoms with E-state index in [1.165, 1.54) is 0 Å². The van der Waals surface area contributed by atoms with Gasteiger partial charge in [0.2, 0.25) is 0 Å². The summed E-state index contributed by atoms with van der Waals surface area (Å²) < 4.78 is 5.19. The molecule has 2 rings (SSSR count). The van der Waals surface area contributed by atoms with Crippen molar-refractivity contribution in [3.63, 3.8) is 0 Å². The predicted molar refractivity (Wildman–Crippen MR) is 65.4 cm³/mol. The molecule has 2 saturated carbocycles. The summed E-state index contributed by atoms with van der Waals surface area (Å²) in [6, 6.07) is 0. The maximum Gasteiger partial charge on any atom is 0.315 e. The Morgan fingerprint density at radius 2 is 2.00 bits per heavy atom. The molecule has 0 aliphatic heterocycles. The average molecular weight is 240 g/mol. The highest BCUT2D eigenvalue weighted by Crippen LogP contribution is 2.66. The van der Waals surface area contributed by atoms with Crippen LogP contribution in [0, 0.1) is 16.7 Å². The lowest BCUT2D eigenvalue weighted by Crippen LogP contribution is -2.45. The number of carbonyl (C=O) groups is 1. The normalized spacial score (nSPS) is 43.5. The fourth-order valence-electron chi connectivity index (χ4n) is 3.70. The zero-order valence-electron chi connectivity index (χ0n) is 11.4. The second-order valence-corrected chi connectivity index (χ2v) is 6.67. The number of hydrogen-bond acceptors (Lipinski definition) is 3. The number of hydrogen-bond donors (Lipinski definition) is 1. The minimum Gasteiger partial charge on any atom is -0.465 e. The second kappa shape index (κ2) is 3.71. The summed E-state index contributed by atoms with van der Waals surface area (Å²) in [6.07, 6.45) is 3.20. The fourth-order valence-corrected chi connectivity index (χ4v) is 3.70. The van der Waals surface area contributed by atoms with E-state index in [2.05, 4.69) is 13.8 Å². The number of aliphatic hydroxyl groups is 1. The van der Waals surface area contributed by atoms with E-state index in [4.69, 9.17) is 4.74 Å². The van der Waals surface area contributed by atoms with Crippen molar-refractivity contribution in [2.45, 2.75) is 59.0 Å². The van der Waals surface area contributed by atoms with Gasteiger partial charge in [-0.05, 0) is 43.9 Å². The summed E-state index contributed by atoms with van der Waals surface area (Å²) >= 11 is 0. The van der Waals surface area contributed by atoms with E-state index in [1.54, 1.807) is 0 Å². The lowest BCUT2D eigenvalue weighted by molar-refractivity contribution is -0.163. The van der Waals surface area contributed by atoms with Crippen molar-refractivity contribution >= 4 is 5.97 Å². The number of rotatable bonds is 3. The molecule has 1 N–H and O–H groups in total. The molecule has 0 spiro atoms. The van der Waals surface area contributed by atoms with Gasteiger partial charge in [-0.15, -0.1) is 0 Å². The minimum absolute atomic E-state index is 0.135. The van der Waals surface area contributed by atoms with Crippen molar-refractivity contribution in [2.24, 2.45) is 16.7 Å². The standard InChI is InChI=1S/C14H24O3/c1-5-17-11(15)14(8-10(14)2)13(16)7-6-12(3,4)9-13/h10,16H,5-9H2,1-4H3. The van der Waals surface area contributed by atoms with Crippen molar-refractivity contribution in [1.29, 1.82) is 0 Å². The topological polar surface area (TPSA) is 46.5 Å². The van der Waals surface area contributed by atoms with Gasteiger partial charge in [0, 0.05) is 0 Å². The molecular formula is C14H24O3. The molecule has 0 saturated heterocycles. The Hall–Kier alpha value is -0.570. The Labute approximate surface area is 104 Å². The third kappa shape index (κ3) is 1.79. The molecule has 3 unspecified atom stereocenters. The van der Waals surface area contributed by atoms with Crippen LogP contribution < -0.4 is 0 Å². The van der Waals surface area contributed by atoms with Crippen LogP contribution >= 0.6 is 0 Å². The SMILES string of the molecule is CCOC(=O)C1(C2(O)CCC(C)(C)C2)CC1C. The van der Waals surface area contributed by atoms with Gasteiger partial charge >= 0.3 is 5.97 Å². The molecule has 0 bridgehead atoms. The first-order chi connectivity index (χ1) is 7.77. The van der Waals surface area contributed by atoms with Gasteiger partial charge < -0.3 is 9.84 Å². The summed E-state index contributed by atoms with van der Waals surface area (Å²) in [6.45, 7) is 8.59. The van der Waals surface area contributed by atoms with Crippen LogP contribution in [0.5, 0.6) is 0 Å². The van der Waals surface area contributed by atoms with Gasteiger partial charge in [0.1, 0.15) is 0 Å². The third-order valence-corrected chi connectivity index (χ3v) is 4.77. The van der Waals surface area contributed by atoms with Crippen LogP contribution in [0.1, 0.15) is 53.4 Å². The van der Waals surface area contributed by atoms with Crippen LogP contribution in [0.25, 0.3) is 0 Å². The molecule has 0 radical (unpaired) electrons. The molecule has 3 nitrogen and oxygen atoms in total.